The van der Waals surface area contributed by atoms with Gasteiger partial charge >= 0.3 is 13.1 Å². The molecular weight excluding hydrogens is 399 g/mol. The third-order valence-electron chi connectivity index (χ3n) is 4.29. The van der Waals surface area contributed by atoms with Gasteiger partial charge in [0.15, 0.2) is 0 Å². The normalized spacial score (nSPS) is 13.0. The van der Waals surface area contributed by atoms with Gasteiger partial charge in [-0.15, -0.1) is 0 Å². The number of esters is 1. The van der Waals surface area contributed by atoms with Crippen LogP contribution in [-0.2, 0) is 42.0 Å². The number of ether oxygens (including phenoxy) is 1. The Bertz CT molecular complexity index is 1070. The standard InChI is InChI=1S/C18H19BN2O7S/c1-11(22)20-14-5-6-17(13(7-14)8-18(23)27-2)29(25,26)21-15-4-3-12-10-28-19(24)16(12)9-15/h3-7,9,21,24H,8,10H2,1-2H3,(H,20,22). The van der Waals surface area contributed by atoms with Gasteiger partial charge in [0, 0.05) is 18.3 Å². The van der Waals surface area contributed by atoms with Crippen molar-refractivity contribution in [3.8, 4) is 0 Å². The summed E-state index contributed by atoms with van der Waals surface area (Å²) in [6.07, 6.45) is -0.295. The number of carbonyl (C=O) groups excluding carboxylic acids is 2. The van der Waals surface area contributed by atoms with E-state index in [2.05, 4.69) is 14.8 Å². The first-order chi connectivity index (χ1) is 13.7. The molecule has 152 valence electrons. The Morgan fingerprint density at radius 1 is 1.21 bits per heavy atom. The number of carbonyl (C=O) groups is 2. The zero-order valence-electron chi connectivity index (χ0n) is 15.8. The van der Waals surface area contributed by atoms with Crippen LogP contribution >= 0.6 is 0 Å². The summed E-state index contributed by atoms with van der Waals surface area (Å²) in [4.78, 5) is 22.9. The van der Waals surface area contributed by atoms with Gasteiger partial charge in [0.25, 0.3) is 10.0 Å². The molecule has 0 saturated carbocycles. The van der Waals surface area contributed by atoms with Crippen molar-refractivity contribution < 1.29 is 32.4 Å². The molecule has 0 atom stereocenters. The maximum absolute atomic E-state index is 13.0. The summed E-state index contributed by atoms with van der Waals surface area (Å²) in [6, 6.07) is 8.86. The lowest BCUT2D eigenvalue weighted by molar-refractivity contribution is -0.139. The molecule has 0 fully saturated rings. The van der Waals surface area contributed by atoms with Gasteiger partial charge < -0.3 is 19.7 Å². The van der Waals surface area contributed by atoms with Gasteiger partial charge in [-0.05, 0) is 46.9 Å². The fraction of sp³-hybridized carbons (Fsp3) is 0.222. The molecule has 0 unspecified atom stereocenters. The van der Waals surface area contributed by atoms with Gasteiger partial charge in [0.1, 0.15) is 0 Å². The molecule has 9 nitrogen and oxygen atoms in total. The number of nitrogens with one attached hydrogen (secondary N) is 2. The molecule has 0 radical (unpaired) electrons. The molecule has 0 saturated heterocycles. The lowest BCUT2D eigenvalue weighted by Crippen LogP contribution is -2.28. The predicted molar refractivity (Wildman–Crippen MR) is 106 cm³/mol. The number of sulfonamides is 1. The number of hydrogen-bond acceptors (Lipinski definition) is 7. The van der Waals surface area contributed by atoms with Crippen LogP contribution in [0.5, 0.6) is 0 Å². The molecule has 1 aliphatic heterocycles. The zero-order valence-corrected chi connectivity index (χ0v) is 16.6. The molecule has 1 amide bonds. The van der Waals surface area contributed by atoms with E-state index in [4.69, 9.17) is 4.65 Å². The van der Waals surface area contributed by atoms with Crippen molar-refractivity contribution in [1.82, 2.24) is 0 Å². The second kappa shape index (κ2) is 8.23. The Labute approximate surface area is 168 Å². The fourth-order valence-corrected chi connectivity index (χ4v) is 4.25. The lowest BCUT2D eigenvalue weighted by Gasteiger charge is -2.14. The van der Waals surface area contributed by atoms with Gasteiger partial charge in [0.2, 0.25) is 5.91 Å². The van der Waals surface area contributed by atoms with Crippen LogP contribution < -0.4 is 15.5 Å². The Morgan fingerprint density at radius 3 is 2.62 bits per heavy atom. The summed E-state index contributed by atoms with van der Waals surface area (Å²) in [7, 11) is -3.98. The molecule has 2 aromatic carbocycles. The minimum atomic E-state index is -4.07. The smallest absolute Gasteiger partial charge is 0.469 e. The van der Waals surface area contributed by atoms with Crippen LogP contribution in [0.2, 0.25) is 0 Å². The highest BCUT2D eigenvalue weighted by atomic mass is 32.2. The molecule has 1 heterocycles. The lowest BCUT2D eigenvalue weighted by atomic mass is 9.79. The topological polar surface area (TPSA) is 131 Å². The van der Waals surface area contributed by atoms with E-state index in [1.807, 2.05) is 0 Å². The van der Waals surface area contributed by atoms with Crippen LogP contribution in [0.3, 0.4) is 0 Å². The molecular formula is C18H19BN2O7S. The number of rotatable bonds is 6. The molecule has 2 aromatic rings. The molecule has 0 aromatic heterocycles. The Balaban J connectivity index is 1.95. The fourth-order valence-electron chi connectivity index (χ4n) is 2.98. The first kappa shape index (κ1) is 20.8. The van der Waals surface area contributed by atoms with Crippen molar-refractivity contribution in [2.24, 2.45) is 0 Å². The van der Waals surface area contributed by atoms with Gasteiger partial charge in [-0.3, -0.25) is 14.3 Å². The first-order valence-corrected chi connectivity index (χ1v) is 10.1. The van der Waals surface area contributed by atoms with Crippen LogP contribution in [0.15, 0.2) is 41.3 Å². The second-order valence-electron chi connectivity index (χ2n) is 6.44. The highest BCUT2D eigenvalue weighted by molar-refractivity contribution is 7.92. The third-order valence-corrected chi connectivity index (χ3v) is 5.78. The van der Waals surface area contributed by atoms with Crippen LogP contribution in [0, 0.1) is 0 Å². The predicted octanol–water partition coefficient (Wildman–Crippen LogP) is 0.379. The summed E-state index contributed by atoms with van der Waals surface area (Å²) in [6.45, 7) is 1.57. The summed E-state index contributed by atoms with van der Waals surface area (Å²) < 4.78 is 38.1. The minimum Gasteiger partial charge on any atom is -0.469 e. The number of anilines is 2. The van der Waals surface area contributed by atoms with E-state index < -0.39 is 23.1 Å². The van der Waals surface area contributed by atoms with Gasteiger partial charge in [-0.25, -0.2) is 8.42 Å². The second-order valence-corrected chi connectivity index (χ2v) is 8.09. The highest BCUT2D eigenvalue weighted by Crippen LogP contribution is 2.24. The number of fused-ring (bicyclic) bond motifs is 1. The van der Waals surface area contributed by atoms with E-state index in [1.54, 1.807) is 12.1 Å². The number of amides is 1. The van der Waals surface area contributed by atoms with Crippen molar-refractivity contribution in [3.05, 3.63) is 47.5 Å². The minimum absolute atomic E-state index is 0.130. The number of hydrogen-bond donors (Lipinski definition) is 3. The van der Waals surface area contributed by atoms with E-state index in [-0.39, 0.29) is 35.1 Å². The Morgan fingerprint density at radius 2 is 1.93 bits per heavy atom. The Hall–Kier alpha value is -2.89. The first-order valence-electron chi connectivity index (χ1n) is 8.62. The van der Waals surface area contributed by atoms with Crippen LogP contribution in [0.4, 0.5) is 11.4 Å². The maximum atomic E-state index is 13.0. The van der Waals surface area contributed by atoms with E-state index >= 15 is 0 Å². The highest BCUT2D eigenvalue weighted by Gasteiger charge is 2.28. The van der Waals surface area contributed by atoms with Crippen LogP contribution in [0.25, 0.3) is 0 Å². The molecule has 1 aliphatic rings. The van der Waals surface area contributed by atoms with E-state index in [9.17, 15) is 23.0 Å². The van der Waals surface area contributed by atoms with Crippen molar-refractivity contribution in [1.29, 1.82) is 0 Å². The molecule has 11 heteroatoms. The van der Waals surface area contributed by atoms with Gasteiger partial charge in [-0.1, -0.05) is 6.07 Å². The van der Waals surface area contributed by atoms with Gasteiger partial charge in [-0.2, -0.15) is 0 Å². The average molecular weight is 418 g/mol. The number of methoxy groups -OCH3 is 1. The van der Waals surface area contributed by atoms with Crippen molar-refractivity contribution in [3.63, 3.8) is 0 Å². The van der Waals surface area contributed by atoms with E-state index in [0.29, 0.717) is 11.2 Å². The largest absolute Gasteiger partial charge is 0.491 e. The molecule has 3 N–H and O–H groups in total. The summed E-state index contributed by atoms with van der Waals surface area (Å²) in [5, 5.41) is 12.4. The third kappa shape index (κ3) is 4.76. The molecule has 0 aliphatic carbocycles. The average Bonchev–Trinajstić information content (AvgIpc) is 3.01. The molecule has 3 rings (SSSR count). The maximum Gasteiger partial charge on any atom is 0.491 e. The van der Waals surface area contributed by atoms with E-state index in [1.165, 1.54) is 38.3 Å². The number of benzene rings is 2. The molecule has 0 bridgehead atoms. The van der Waals surface area contributed by atoms with Crippen LogP contribution in [0.1, 0.15) is 18.1 Å². The quantitative estimate of drug-likeness (QED) is 0.457. The SMILES string of the molecule is COC(=O)Cc1cc(NC(C)=O)ccc1S(=O)(=O)Nc1ccc2c(c1)B(O)OC2. The van der Waals surface area contributed by atoms with Crippen molar-refractivity contribution >= 4 is 45.9 Å². The summed E-state index contributed by atoms with van der Waals surface area (Å²) in [5.41, 5.74) is 2.02. The molecule has 0 spiro atoms. The van der Waals surface area contributed by atoms with Crippen LogP contribution in [-0.4, -0.2) is 39.5 Å². The van der Waals surface area contributed by atoms with Crippen molar-refractivity contribution in [2.75, 3.05) is 17.1 Å². The Kier molecular flexibility index (Phi) is 5.92. The van der Waals surface area contributed by atoms with Crippen molar-refractivity contribution in [2.45, 2.75) is 24.8 Å². The monoisotopic (exact) mass is 418 g/mol. The molecule has 29 heavy (non-hydrogen) atoms. The summed E-state index contributed by atoms with van der Waals surface area (Å²) in [5.74, 6) is -0.958. The zero-order chi connectivity index (χ0) is 21.2. The van der Waals surface area contributed by atoms with Gasteiger partial charge in [0.05, 0.1) is 25.0 Å². The summed E-state index contributed by atoms with van der Waals surface area (Å²) >= 11 is 0. The van der Waals surface area contributed by atoms with E-state index in [0.717, 1.165) is 5.56 Å².